The van der Waals surface area contributed by atoms with Crippen LogP contribution in [-0.4, -0.2) is 10.9 Å². The molecular formula is C13H15N3OS. The van der Waals surface area contributed by atoms with Crippen molar-refractivity contribution < 1.29 is 4.79 Å². The maximum atomic E-state index is 11.8. The Bertz CT molecular complexity index is 522. The van der Waals surface area contributed by atoms with Crippen LogP contribution < -0.4 is 11.1 Å². The molecule has 0 radical (unpaired) electrons. The summed E-state index contributed by atoms with van der Waals surface area (Å²) < 4.78 is 0. The minimum Gasteiger partial charge on any atom is -0.326 e. The number of nitrogens with one attached hydrogen (secondary N) is 1. The number of rotatable bonds is 4. The van der Waals surface area contributed by atoms with E-state index in [1.165, 1.54) is 11.3 Å². The molecule has 0 bridgehead atoms. The largest absolute Gasteiger partial charge is 0.326 e. The second-order valence-electron chi connectivity index (χ2n) is 4.06. The molecule has 0 aliphatic heterocycles. The Hall–Kier alpha value is -1.72. The number of carbonyl (C=O) groups is 1. The zero-order chi connectivity index (χ0) is 13.0. The molecule has 1 atom stereocenters. The smallest absolute Gasteiger partial charge is 0.230 e. The molecule has 0 saturated heterocycles. The fraction of sp³-hybridized carbons (Fsp3) is 0.231. The maximum Gasteiger partial charge on any atom is 0.230 e. The minimum atomic E-state index is -0.0825. The van der Waals surface area contributed by atoms with Gasteiger partial charge in [0.05, 0.1) is 18.2 Å². The lowest BCUT2D eigenvalue weighted by Crippen LogP contribution is -2.14. The Kier molecular flexibility index (Phi) is 4.07. The van der Waals surface area contributed by atoms with Crippen molar-refractivity contribution in [2.75, 3.05) is 5.32 Å². The van der Waals surface area contributed by atoms with Gasteiger partial charge in [-0.05, 0) is 19.1 Å². The van der Waals surface area contributed by atoms with Crippen LogP contribution in [0, 0.1) is 0 Å². The number of benzene rings is 1. The Morgan fingerprint density at radius 3 is 2.78 bits per heavy atom. The highest BCUT2D eigenvalue weighted by Crippen LogP contribution is 2.16. The lowest BCUT2D eigenvalue weighted by Gasteiger charge is -2.03. The molecule has 2 aromatic rings. The van der Waals surface area contributed by atoms with E-state index >= 15 is 0 Å². The van der Waals surface area contributed by atoms with E-state index in [9.17, 15) is 4.79 Å². The second kappa shape index (κ2) is 5.75. The van der Waals surface area contributed by atoms with E-state index in [1.54, 1.807) is 0 Å². The molecule has 0 fully saturated rings. The van der Waals surface area contributed by atoms with Crippen molar-refractivity contribution in [1.82, 2.24) is 4.98 Å². The van der Waals surface area contributed by atoms with Crippen molar-refractivity contribution in [2.24, 2.45) is 5.73 Å². The molecule has 1 unspecified atom stereocenters. The van der Waals surface area contributed by atoms with Crippen LogP contribution in [0.4, 0.5) is 5.69 Å². The number of nitrogens with two attached hydrogens (primary N) is 1. The Labute approximate surface area is 110 Å². The van der Waals surface area contributed by atoms with Gasteiger partial charge in [-0.3, -0.25) is 4.79 Å². The fourth-order valence-electron chi connectivity index (χ4n) is 1.50. The van der Waals surface area contributed by atoms with Gasteiger partial charge in [0.2, 0.25) is 5.91 Å². The quantitative estimate of drug-likeness (QED) is 0.887. The fourth-order valence-corrected chi connectivity index (χ4v) is 2.28. The number of anilines is 1. The number of thiazole rings is 1. The number of aromatic nitrogens is 1. The van der Waals surface area contributed by atoms with Gasteiger partial charge in [-0.1, -0.05) is 18.2 Å². The van der Waals surface area contributed by atoms with Crippen LogP contribution in [0.5, 0.6) is 0 Å². The van der Waals surface area contributed by atoms with Crippen molar-refractivity contribution in [3.63, 3.8) is 0 Å². The summed E-state index contributed by atoms with van der Waals surface area (Å²) >= 11 is 1.49. The Balaban J connectivity index is 1.95. The number of hydrogen-bond acceptors (Lipinski definition) is 4. The Morgan fingerprint density at radius 1 is 1.44 bits per heavy atom. The van der Waals surface area contributed by atoms with E-state index < -0.39 is 0 Å². The first-order valence-electron chi connectivity index (χ1n) is 5.70. The van der Waals surface area contributed by atoms with E-state index in [2.05, 4.69) is 10.3 Å². The van der Waals surface area contributed by atoms with Gasteiger partial charge in [0.1, 0.15) is 5.01 Å². The van der Waals surface area contributed by atoms with Gasteiger partial charge in [0, 0.05) is 11.1 Å². The molecule has 18 heavy (non-hydrogen) atoms. The van der Waals surface area contributed by atoms with Crippen LogP contribution in [0.1, 0.15) is 23.7 Å². The normalized spacial score (nSPS) is 12.1. The molecule has 0 spiro atoms. The topological polar surface area (TPSA) is 68.0 Å². The first-order chi connectivity index (χ1) is 8.65. The van der Waals surface area contributed by atoms with Crippen LogP contribution in [0.2, 0.25) is 0 Å². The predicted octanol–water partition coefficient (Wildman–Crippen LogP) is 2.34. The first-order valence-corrected chi connectivity index (χ1v) is 6.58. The highest BCUT2D eigenvalue weighted by Gasteiger charge is 2.09. The minimum absolute atomic E-state index is 0.0669. The molecule has 2 rings (SSSR count). The SMILES string of the molecule is CC(N)c1nc(CC(=O)Nc2ccccc2)cs1. The van der Waals surface area contributed by atoms with Gasteiger partial charge >= 0.3 is 0 Å². The summed E-state index contributed by atoms with van der Waals surface area (Å²) in [5.41, 5.74) is 7.29. The molecule has 4 nitrogen and oxygen atoms in total. The van der Waals surface area contributed by atoms with Crippen LogP contribution in [0.15, 0.2) is 35.7 Å². The number of hydrogen-bond donors (Lipinski definition) is 2. The van der Waals surface area contributed by atoms with Crippen molar-refractivity contribution in [3.8, 4) is 0 Å². The highest BCUT2D eigenvalue weighted by atomic mass is 32.1. The molecule has 5 heteroatoms. The van der Waals surface area contributed by atoms with Crippen molar-refractivity contribution in [2.45, 2.75) is 19.4 Å². The number of carbonyl (C=O) groups excluding carboxylic acids is 1. The van der Waals surface area contributed by atoms with Gasteiger partial charge in [-0.2, -0.15) is 0 Å². The predicted molar refractivity (Wildman–Crippen MR) is 73.5 cm³/mol. The number of nitrogens with zero attached hydrogens (tertiary/aromatic N) is 1. The molecule has 0 aliphatic carbocycles. The summed E-state index contributed by atoms with van der Waals surface area (Å²) in [6.45, 7) is 1.88. The summed E-state index contributed by atoms with van der Waals surface area (Å²) in [5.74, 6) is -0.0669. The molecule has 1 aromatic heterocycles. The lowest BCUT2D eigenvalue weighted by atomic mass is 10.3. The van der Waals surface area contributed by atoms with E-state index in [1.807, 2.05) is 42.6 Å². The molecule has 1 heterocycles. The third kappa shape index (κ3) is 3.38. The van der Waals surface area contributed by atoms with Crippen LogP contribution >= 0.6 is 11.3 Å². The average molecular weight is 261 g/mol. The van der Waals surface area contributed by atoms with Crippen molar-refractivity contribution >= 4 is 22.9 Å². The molecular weight excluding hydrogens is 246 g/mol. The summed E-state index contributed by atoms with van der Waals surface area (Å²) in [5, 5.41) is 5.56. The summed E-state index contributed by atoms with van der Waals surface area (Å²) in [6.07, 6.45) is 0.276. The summed E-state index contributed by atoms with van der Waals surface area (Å²) in [6, 6.07) is 9.30. The standard InChI is InChI=1S/C13H15N3OS/c1-9(14)13-16-11(8-18-13)7-12(17)15-10-5-3-2-4-6-10/h2-6,8-9H,7,14H2,1H3,(H,15,17). The maximum absolute atomic E-state index is 11.8. The number of para-hydroxylation sites is 1. The number of amides is 1. The first kappa shape index (κ1) is 12.7. The van der Waals surface area contributed by atoms with E-state index in [0.29, 0.717) is 0 Å². The van der Waals surface area contributed by atoms with Crippen LogP contribution in [-0.2, 0) is 11.2 Å². The van der Waals surface area contributed by atoms with Crippen molar-refractivity contribution in [1.29, 1.82) is 0 Å². The van der Waals surface area contributed by atoms with Gasteiger partial charge < -0.3 is 11.1 Å². The average Bonchev–Trinajstić information content (AvgIpc) is 2.78. The molecule has 1 amide bonds. The van der Waals surface area contributed by atoms with Crippen LogP contribution in [0.3, 0.4) is 0 Å². The van der Waals surface area contributed by atoms with E-state index in [4.69, 9.17) is 5.73 Å². The molecule has 3 N–H and O–H groups in total. The summed E-state index contributed by atoms with van der Waals surface area (Å²) in [4.78, 5) is 16.1. The van der Waals surface area contributed by atoms with E-state index in [-0.39, 0.29) is 18.4 Å². The van der Waals surface area contributed by atoms with Gasteiger partial charge in [-0.25, -0.2) is 4.98 Å². The monoisotopic (exact) mass is 261 g/mol. The second-order valence-corrected chi connectivity index (χ2v) is 4.95. The third-order valence-corrected chi connectivity index (χ3v) is 3.45. The highest BCUT2D eigenvalue weighted by molar-refractivity contribution is 7.09. The van der Waals surface area contributed by atoms with Crippen LogP contribution in [0.25, 0.3) is 0 Å². The molecule has 94 valence electrons. The summed E-state index contributed by atoms with van der Waals surface area (Å²) in [7, 11) is 0. The molecule has 1 aromatic carbocycles. The molecule has 0 saturated carbocycles. The van der Waals surface area contributed by atoms with Gasteiger partial charge in [-0.15, -0.1) is 11.3 Å². The van der Waals surface area contributed by atoms with Gasteiger partial charge in [0.25, 0.3) is 0 Å². The third-order valence-electron chi connectivity index (χ3n) is 2.36. The molecule has 0 aliphatic rings. The van der Waals surface area contributed by atoms with Gasteiger partial charge in [0.15, 0.2) is 0 Å². The zero-order valence-electron chi connectivity index (χ0n) is 10.1. The Morgan fingerprint density at radius 2 is 2.17 bits per heavy atom. The van der Waals surface area contributed by atoms with E-state index in [0.717, 1.165) is 16.4 Å². The zero-order valence-corrected chi connectivity index (χ0v) is 10.9. The lowest BCUT2D eigenvalue weighted by molar-refractivity contribution is -0.115. The van der Waals surface area contributed by atoms with Crippen molar-refractivity contribution in [3.05, 3.63) is 46.4 Å².